The third-order valence-corrected chi connectivity index (χ3v) is 4.04. The van der Waals surface area contributed by atoms with E-state index in [9.17, 15) is 13.2 Å². The lowest BCUT2D eigenvalue weighted by atomic mass is 10.2. The van der Waals surface area contributed by atoms with Crippen LogP contribution in [0.3, 0.4) is 0 Å². The molecule has 7 heteroatoms. The summed E-state index contributed by atoms with van der Waals surface area (Å²) >= 11 is 0. The maximum absolute atomic E-state index is 11.6. The molecule has 0 radical (unpaired) electrons. The number of rotatable bonds is 7. The first-order chi connectivity index (χ1) is 8.38. The molecule has 1 fully saturated rings. The predicted octanol–water partition coefficient (Wildman–Crippen LogP) is -1.04. The fraction of sp³-hybridized carbons (Fsp3) is 0.909. The maximum atomic E-state index is 11.6. The van der Waals surface area contributed by atoms with Gasteiger partial charge in [0, 0.05) is 19.3 Å². The molecule has 1 aliphatic rings. The average molecular weight is 277 g/mol. The van der Waals surface area contributed by atoms with Gasteiger partial charge in [0.2, 0.25) is 5.91 Å². The van der Waals surface area contributed by atoms with Gasteiger partial charge in [0.1, 0.15) is 9.84 Å². The van der Waals surface area contributed by atoms with E-state index in [1.165, 1.54) is 12.8 Å². The van der Waals surface area contributed by atoms with Gasteiger partial charge in [0.25, 0.3) is 0 Å². The van der Waals surface area contributed by atoms with Crippen molar-refractivity contribution in [3.63, 3.8) is 0 Å². The quantitative estimate of drug-likeness (QED) is 0.620. The smallest absolute Gasteiger partial charge is 0.236 e. The molecule has 1 atom stereocenters. The first kappa shape index (κ1) is 15.4. The summed E-state index contributed by atoms with van der Waals surface area (Å²) in [6.07, 6.45) is 3.77. The Hall–Kier alpha value is -0.660. The number of carbonyl (C=O) groups excluding carboxylic acids is 1. The van der Waals surface area contributed by atoms with Gasteiger partial charge in [0.05, 0.1) is 11.8 Å². The monoisotopic (exact) mass is 277 g/mol. The Balaban J connectivity index is 2.14. The first-order valence-electron chi connectivity index (χ1n) is 6.32. The highest BCUT2D eigenvalue weighted by Crippen LogP contribution is 2.05. The Bertz CT molecular complexity index is 364. The van der Waals surface area contributed by atoms with Crippen LogP contribution in [-0.4, -0.2) is 63.5 Å². The summed E-state index contributed by atoms with van der Waals surface area (Å²) in [5.41, 5.74) is 5.63. The number of nitrogens with one attached hydrogen (secondary N) is 1. The van der Waals surface area contributed by atoms with Crippen molar-refractivity contribution in [1.29, 1.82) is 0 Å². The van der Waals surface area contributed by atoms with E-state index in [1.54, 1.807) is 0 Å². The van der Waals surface area contributed by atoms with Crippen molar-refractivity contribution in [3.05, 3.63) is 0 Å². The molecule has 0 aliphatic carbocycles. The molecule has 1 aliphatic heterocycles. The van der Waals surface area contributed by atoms with Crippen LogP contribution >= 0.6 is 0 Å². The van der Waals surface area contributed by atoms with Crippen molar-refractivity contribution in [2.45, 2.75) is 25.3 Å². The molecular formula is C11H23N3O3S. The Morgan fingerprint density at radius 2 is 2.00 bits per heavy atom. The van der Waals surface area contributed by atoms with Gasteiger partial charge < -0.3 is 16.0 Å². The summed E-state index contributed by atoms with van der Waals surface area (Å²) in [4.78, 5) is 13.9. The fourth-order valence-corrected chi connectivity index (χ4v) is 2.63. The van der Waals surface area contributed by atoms with Gasteiger partial charge in [-0.15, -0.1) is 0 Å². The van der Waals surface area contributed by atoms with Gasteiger partial charge >= 0.3 is 0 Å². The molecule has 1 amide bonds. The van der Waals surface area contributed by atoms with Crippen LogP contribution in [0.1, 0.15) is 19.3 Å². The Kier molecular flexibility index (Phi) is 6.04. The Morgan fingerprint density at radius 1 is 1.39 bits per heavy atom. The van der Waals surface area contributed by atoms with Crippen molar-refractivity contribution in [3.8, 4) is 0 Å². The molecule has 6 nitrogen and oxygen atoms in total. The summed E-state index contributed by atoms with van der Waals surface area (Å²) in [5.74, 6) is -0.314. The van der Waals surface area contributed by atoms with E-state index in [-0.39, 0.29) is 18.1 Å². The molecule has 3 N–H and O–H groups in total. The minimum atomic E-state index is -3.05. The van der Waals surface area contributed by atoms with Gasteiger partial charge in [-0.25, -0.2) is 8.42 Å². The zero-order chi connectivity index (χ0) is 13.6. The van der Waals surface area contributed by atoms with Crippen molar-refractivity contribution in [2.75, 3.05) is 38.2 Å². The second kappa shape index (κ2) is 7.06. The minimum Gasteiger partial charge on any atom is -0.353 e. The van der Waals surface area contributed by atoms with Crippen LogP contribution < -0.4 is 11.1 Å². The van der Waals surface area contributed by atoms with Gasteiger partial charge in [-0.1, -0.05) is 0 Å². The van der Waals surface area contributed by atoms with E-state index < -0.39 is 15.9 Å². The number of nitrogens with two attached hydrogens (primary N) is 1. The summed E-state index contributed by atoms with van der Waals surface area (Å²) in [5, 5.41) is 2.75. The number of carbonyl (C=O) groups is 1. The third-order valence-electron chi connectivity index (χ3n) is 3.06. The number of hydrogen-bond donors (Lipinski definition) is 2. The number of amides is 1. The van der Waals surface area contributed by atoms with Crippen LogP contribution in [0.5, 0.6) is 0 Å². The number of hydrogen-bond acceptors (Lipinski definition) is 5. The molecule has 0 bridgehead atoms. The summed E-state index contributed by atoms with van der Waals surface area (Å²) < 4.78 is 21.9. The van der Waals surface area contributed by atoms with Crippen molar-refractivity contribution in [2.24, 2.45) is 5.73 Å². The van der Waals surface area contributed by atoms with Gasteiger partial charge in [0.15, 0.2) is 0 Å². The first-order valence-corrected chi connectivity index (χ1v) is 8.38. The summed E-state index contributed by atoms with van der Waals surface area (Å²) in [6.45, 7) is 3.60. The van der Waals surface area contributed by atoms with Crippen LogP contribution in [0, 0.1) is 0 Å². The number of nitrogens with zero attached hydrogens (tertiary/aromatic N) is 1. The van der Waals surface area contributed by atoms with E-state index in [0.29, 0.717) is 6.54 Å². The second-order valence-electron chi connectivity index (χ2n) is 4.86. The van der Waals surface area contributed by atoms with Crippen molar-refractivity contribution in [1.82, 2.24) is 10.2 Å². The van der Waals surface area contributed by atoms with Crippen molar-refractivity contribution < 1.29 is 13.2 Å². The minimum absolute atomic E-state index is 0.0479. The largest absolute Gasteiger partial charge is 0.353 e. The van der Waals surface area contributed by atoms with Crippen LogP contribution in [0.2, 0.25) is 0 Å². The zero-order valence-corrected chi connectivity index (χ0v) is 11.7. The third kappa shape index (κ3) is 6.32. The molecule has 0 saturated carbocycles. The van der Waals surface area contributed by atoms with Crippen LogP contribution in [0.15, 0.2) is 0 Å². The van der Waals surface area contributed by atoms with E-state index >= 15 is 0 Å². The lowest BCUT2D eigenvalue weighted by Gasteiger charge is -2.16. The fourth-order valence-electron chi connectivity index (χ4n) is 1.95. The molecule has 0 aromatic heterocycles. The SMILES string of the molecule is CS(=O)(=O)CCC(N)C(=O)NCCN1CCCC1. The molecular weight excluding hydrogens is 254 g/mol. The van der Waals surface area contributed by atoms with E-state index in [4.69, 9.17) is 5.73 Å². The maximum Gasteiger partial charge on any atom is 0.236 e. The second-order valence-corrected chi connectivity index (χ2v) is 7.12. The van der Waals surface area contributed by atoms with Crippen LogP contribution in [0.4, 0.5) is 0 Å². The Labute approximate surface area is 109 Å². The van der Waals surface area contributed by atoms with E-state index in [0.717, 1.165) is 25.9 Å². The standard InChI is InChI=1S/C11H23N3O3S/c1-18(16,17)9-4-10(12)11(15)13-5-8-14-6-2-3-7-14/h10H,2-9,12H2,1H3,(H,13,15). The van der Waals surface area contributed by atoms with Gasteiger partial charge in [-0.2, -0.15) is 0 Å². The highest BCUT2D eigenvalue weighted by molar-refractivity contribution is 7.90. The molecule has 1 unspecified atom stereocenters. The highest BCUT2D eigenvalue weighted by atomic mass is 32.2. The molecule has 0 aromatic rings. The van der Waals surface area contributed by atoms with E-state index in [1.807, 2.05) is 0 Å². The van der Waals surface area contributed by atoms with Crippen LogP contribution in [-0.2, 0) is 14.6 Å². The molecule has 106 valence electrons. The topological polar surface area (TPSA) is 92.5 Å². The van der Waals surface area contributed by atoms with Crippen LogP contribution in [0.25, 0.3) is 0 Å². The van der Waals surface area contributed by atoms with E-state index in [2.05, 4.69) is 10.2 Å². The summed E-state index contributed by atoms with van der Waals surface area (Å²) in [6, 6.07) is -0.738. The Morgan fingerprint density at radius 3 is 2.56 bits per heavy atom. The lowest BCUT2D eigenvalue weighted by Crippen LogP contribution is -2.44. The van der Waals surface area contributed by atoms with Gasteiger partial charge in [-0.05, 0) is 32.4 Å². The predicted molar refractivity (Wildman–Crippen MR) is 71.0 cm³/mol. The average Bonchev–Trinajstić information content (AvgIpc) is 2.77. The molecule has 1 heterocycles. The normalized spacial score (nSPS) is 18.8. The number of sulfone groups is 1. The summed E-state index contributed by atoms with van der Waals surface area (Å²) in [7, 11) is -3.05. The molecule has 1 saturated heterocycles. The molecule has 0 spiro atoms. The zero-order valence-electron chi connectivity index (χ0n) is 10.9. The number of likely N-dealkylation sites (tertiary alicyclic amines) is 1. The molecule has 18 heavy (non-hydrogen) atoms. The molecule has 0 aromatic carbocycles. The highest BCUT2D eigenvalue weighted by Gasteiger charge is 2.16. The molecule has 1 rings (SSSR count). The van der Waals surface area contributed by atoms with Gasteiger partial charge in [-0.3, -0.25) is 4.79 Å². The lowest BCUT2D eigenvalue weighted by molar-refractivity contribution is -0.122. The van der Waals surface area contributed by atoms with Crippen molar-refractivity contribution >= 4 is 15.7 Å².